The lowest BCUT2D eigenvalue weighted by Gasteiger charge is -2.41. The number of allylic oxidation sites excluding steroid dienone is 2. The molecule has 1 fully saturated rings. The van der Waals surface area contributed by atoms with Crippen LogP contribution in [-0.2, 0) is 28.9 Å². The number of nitrogens with one attached hydrogen (secondary N) is 1. The molecule has 0 saturated carbocycles. The van der Waals surface area contributed by atoms with Gasteiger partial charge in [-0.05, 0) is 38.5 Å². The minimum Gasteiger partial charge on any atom is -0.394 e. The van der Waals surface area contributed by atoms with E-state index in [1.807, 2.05) is 0 Å². The maximum atomic E-state index is 13.2. The van der Waals surface area contributed by atoms with Crippen LogP contribution in [0.3, 0.4) is 0 Å². The maximum Gasteiger partial charge on any atom is 0.397 e. The van der Waals surface area contributed by atoms with Crippen molar-refractivity contribution >= 4 is 16.3 Å². The Kier molecular flexibility index (Phi) is 56.6. The fraction of sp³-hybridized carbons (Fsp3) is 0.957. The molecule has 1 amide bonds. The Bertz CT molecular complexity index is 1490. The van der Waals surface area contributed by atoms with Crippen LogP contribution in [0.2, 0.25) is 0 Å². The second-order valence-corrected chi connectivity index (χ2v) is 26.2. The fourth-order valence-corrected chi connectivity index (χ4v) is 12.4. The third-order valence-corrected chi connectivity index (χ3v) is 17.8. The van der Waals surface area contributed by atoms with Crippen molar-refractivity contribution in [3.8, 4) is 0 Å². The van der Waals surface area contributed by atoms with E-state index >= 15 is 0 Å². The second-order valence-electron chi connectivity index (χ2n) is 25.2. The van der Waals surface area contributed by atoms with Crippen molar-refractivity contribution < 1.29 is 51.8 Å². The molecule has 0 aromatic rings. The van der Waals surface area contributed by atoms with E-state index < -0.39 is 59.9 Å². The van der Waals surface area contributed by atoms with Crippen LogP contribution in [0.1, 0.15) is 367 Å². The Morgan fingerprint density at radius 2 is 0.780 bits per heavy atom. The summed E-state index contributed by atoms with van der Waals surface area (Å²) in [7, 11) is -5.08. The van der Waals surface area contributed by atoms with E-state index in [-0.39, 0.29) is 12.5 Å². The summed E-state index contributed by atoms with van der Waals surface area (Å²) in [5.74, 6) is -0.221. The Balaban J connectivity index is 2.20. The zero-order chi connectivity index (χ0) is 59.7. The molecule has 0 bridgehead atoms. The molecule has 7 unspecified atom stereocenters. The third-order valence-electron chi connectivity index (χ3n) is 17.3. The Hall–Kier alpha value is -1.16. The summed E-state index contributed by atoms with van der Waals surface area (Å²) in [6, 6.07) is -0.857. The van der Waals surface area contributed by atoms with Crippen molar-refractivity contribution in [2.45, 2.75) is 410 Å². The molecule has 1 aliphatic rings. The number of ether oxygens (including phenoxy) is 2. The minimum atomic E-state index is -5.08. The van der Waals surface area contributed by atoms with Gasteiger partial charge in [0.25, 0.3) is 0 Å². The minimum absolute atomic E-state index is 0.221. The van der Waals surface area contributed by atoms with Gasteiger partial charge in [0.15, 0.2) is 6.29 Å². The number of unbranched alkanes of at least 4 members (excludes halogenated alkanes) is 50. The predicted octanol–water partition coefficient (Wildman–Crippen LogP) is 18.5. The molecule has 0 aromatic carbocycles. The standard InChI is InChI=1S/C69H135NO11S/c1-3-5-7-9-11-13-15-17-19-21-23-25-27-28-29-30-31-32-33-34-35-36-37-39-41-43-45-47-49-51-53-55-57-59-65(73)70-62(61-79-69-67(75)68(81-82(76,77)78)66(74)64(60-71)80-69)63(72)58-56-54-52-50-48-46-44-42-40-38-26-24-22-20-18-16-14-12-10-8-6-4-2/h28-29,62-64,66-69,71-72,74-75H,3-27,30-61H2,1-2H3,(H,70,73)(H,76,77,78)/b29-28-. The lowest BCUT2D eigenvalue weighted by Crippen LogP contribution is -2.61. The normalized spacial score (nSPS) is 18.5. The molecule has 7 atom stereocenters. The van der Waals surface area contributed by atoms with E-state index in [0.717, 1.165) is 51.4 Å². The van der Waals surface area contributed by atoms with E-state index in [1.54, 1.807) is 0 Å². The number of hydrogen-bond donors (Lipinski definition) is 6. The second kappa shape index (κ2) is 58.8. The van der Waals surface area contributed by atoms with Crippen LogP contribution in [-0.4, -0.2) is 95.4 Å². The van der Waals surface area contributed by atoms with E-state index in [1.165, 1.54) is 289 Å². The molecule has 0 aromatic heterocycles. The average molecular weight is 1190 g/mol. The van der Waals surface area contributed by atoms with Gasteiger partial charge in [-0.15, -0.1) is 0 Å². The SMILES string of the molecule is CCCCCCCCCCCCCC/C=C\CCCCCCCCCCCCCCCCCCCC(=O)NC(COC1OC(CO)C(O)C(OS(=O)(=O)O)C1O)C(O)CCCCCCCCCCCCCCCCCCCCCCCC. The molecule has 1 saturated heterocycles. The highest BCUT2D eigenvalue weighted by atomic mass is 32.3. The lowest BCUT2D eigenvalue weighted by atomic mass is 9.99. The van der Waals surface area contributed by atoms with Crippen LogP contribution >= 0.6 is 0 Å². The smallest absolute Gasteiger partial charge is 0.394 e. The summed E-state index contributed by atoms with van der Waals surface area (Å²) in [5, 5.41) is 45.3. The highest BCUT2D eigenvalue weighted by molar-refractivity contribution is 7.80. The van der Waals surface area contributed by atoms with Gasteiger partial charge < -0.3 is 35.2 Å². The van der Waals surface area contributed by atoms with Crippen LogP contribution in [0.25, 0.3) is 0 Å². The quantitative estimate of drug-likeness (QED) is 0.0193. The van der Waals surface area contributed by atoms with Crippen LogP contribution in [0.15, 0.2) is 12.2 Å². The Morgan fingerprint density at radius 3 is 1.10 bits per heavy atom. The largest absolute Gasteiger partial charge is 0.397 e. The highest BCUT2D eigenvalue weighted by Gasteiger charge is 2.48. The predicted molar refractivity (Wildman–Crippen MR) is 342 cm³/mol. The summed E-state index contributed by atoms with van der Waals surface area (Å²) < 4.78 is 48.1. The number of aliphatic hydroxyl groups is 4. The number of carbonyl (C=O) groups excluding carboxylic acids is 1. The monoisotopic (exact) mass is 1190 g/mol. The van der Waals surface area contributed by atoms with Crippen molar-refractivity contribution in [3.63, 3.8) is 0 Å². The zero-order valence-corrected chi connectivity index (χ0v) is 54.4. The summed E-state index contributed by atoms with van der Waals surface area (Å²) >= 11 is 0. The first-order valence-electron chi connectivity index (χ1n) is 35.6. The molecular weight excluding hydrogens is 1050 g/mol. The molecule has 6 N–H and O–H groups in total. The first-order valence-corrected chi connectivity index (χ1v) is 36.9. The van der Waals surface area contributed by atoms with Crippen LogP contribution in [0.5, 0.6) is 0 Å². The summed E-state index contributed by atoms with van der Waals surface area (Å²) in [6.07, 6.45) is 65.4. The van der Waals surface area contributed by atoms with Crippen LogP contribution in [0, 0.1) is 0 Å². The van der Waals surface area contributed by atoms with Gasteiger partial charge in [-0.25, -0.2) is 4.18 Å². The fourth-order valence-electron chi connectivity index (χ4n) is 11.9. The van der Waals surface area contributed by atoms with Crippen molar-refractivity contribution in [2.75, 3.05) is 13.2 Å². The molecule has 0 aliphatic carbocycles. The number of amides is 1. The number of hydrogen-bond acceptors (Lipinski definition) is 10. The average Bonchev–Trinajstić information content (AvgIpc) is 3.60. The van der Waals surface area contributed by atoms with Crippen LogP contribution in [0.4, 0.5) is 0 Å². The molecule has 13 heteroatoms. The van der Waals surface area contributed by atoms with E-state index in [4.69, 9.17) is 9.47 Å². The maximum absolute atomic E-state index is 13.2. The molecule has 82 heavy (non-hydrogen) atoms. The van der Waals surface area contributed by atoms with Crippen molar-refractivity contribution in [2.24, 2.45) is 0 Å². The van der Waals surface area contributed by atoms with Gasteiger partial charge in [0.05, 0.1) is 25.4 Å². The number of rotatable bonds is 64. The molecule has 488 valence electrons. The zero-order valence-electron chi connectivity index (χ0n) is 53.6. The highest BCUT2D eigenvalue weighted by Crippen LogP contribution is 2.27. The van der Waals surface area contributed by atoms with E-state index in [9.17, 15) is 38.2 Å². The molecule has 1 rings (SSSR count). The van der Waals surface area contributed by atoms with Gasteiger partial charge in [-0.3, -0.25) is 9.35 Å². The molecule has 1 aliphatic heterocycles. The van der Waals surface area contributed by atoms with Gasteiger partial charge in [0, 0.05) is 6.42 Å². The van der Waals surface area contributed by atoms with Crippen molar-refractivity contribution in [1.29, 1.82) is 0 Å². The van der Waals surface area contributed by atoms with Gasteiger partial charge in [-0.2, -0.15) is 8.42 Å². The molecular formula is C69H135NO11S. The molecule has 1 heterocycles. The summed E-state index contributed by atoms with van der Waals surface area (Å²) in [5.41, 5.74) is 0. The van der Waals surface area contributed by atoms with E-state index in [0.29, 0.717) is 12.8 Å². The van der Waals surface area contributed by atoms with Gasteiger partial charge in [0.1, 0.15) is 24.4 Å². The van der Waals surface area contributed by atoms with E-state index in [2.05, 4.69) is 35.5 Å². The van der Waals surface area contributed by atoms with Gasteiger partial charge in [-0.1, -0.05) is 334 Å². The van der Waals surface area contributed by atoms with Crippen molar-refractivity contribution in [3.05, 3.63) is 12.2 Å². The summed E-state index contributed by atoms with van der Waals surface area (Å²) in [4.78, 5) is 13.2. The van der Waals surface area contributed by atoms with Crippen molar-refractivity contribution in [1.82, 2.24) is 5.32 Å². The summed E-state index contributed by atoms with van der Waals surface area (Å²) in [6.45, 7) is 3.53. The van der Waals surface area contributed by atoms with Crippen LogP contribution < -0.4 is 5.32 Å². The molecule has 0 spiro atoms. The molecule has 12 nitrogen and oxygen atoms in total. The first-order chi connectivity index (χ1) is 40.0. The van der Waals surface area contributed by atoms with Gasteiger partial charge >= 0.3 is 10.4 Å². The number of carbonyl (C=O) groups is 1. The topological polar surface area (TPSA) is 192 Å². The Labute approximate surface area is 506 Å². The van der Waals surface area contributed by atoms with Gasteiger partial charge in [0.2, 0.25) is 5.91 Å². The lowest BCUT2D eigenvalue weighted by molar-refractivity contribution is -0.298. The molecule has 0 radical (unpaired) electrons. The third kappa shape index (κ3) is 49.9. The first kappa shape index (κ1) is 78.9. The Morgan fingerprint density at radius 1 is 0.476 bits per heavy atom. The number of aliphatic hydroxyl groups excluding tert-OH is 4.